The summed E-state index contributed by atoms with van der Waals surface area (Å²) in [5.41, 5.74) is 0.481. The van der Waals surface area contributed by atoms with E-state index in [1.54, 1.807) is 0 Å². The predicted molar refractivity (Wildman–Crippen MR) is 52.3 cm³/mol. The largest absolute Gasteiger partial charge is 0.295 e. The SMILES string of the molecule is C=NC(C)(C)CCC(C)(C)C. The molecule has 66 valence electrons. The van der Waals surface area contributed by atoms with Crippen molar-refractivity contribution in [1.29, 1.82) is 0 Å². The van der Waals surface area contributed by atoms with Gasteiger partial charge in [-0.25, -0.2) is 0 Å². The second-order valence-electron chi connectivity index (χ2n) is 5.03. The molecule has 0 fully saturated rings. The lowest BCUT2D eigenvalue weighted by molar-refractivity contribution is 0.318. The first-order valence-electron chi connectivity index (χ1n) is 4.25. The van der Waals surface area contributed by atoms with E-state index >= 15 is 0 Å². The summed E-state index contributed by atoms with van der Waals surface area (Å²) in [6, 6.07) is 0. The van der Waals surface area contributed by atoms with E-state index in [0.29, 0.717) is 5.41 Å². The van der Waals surface area contributed by atoms with Crippen LogP contribution in [0.25, 0.3) is 0 Å². The van der Waals surface area contributed by atoms with Gasteiger partial charge in [0.25, 0.3) is 0 Å². The predicted octanol–water partition coefficient (Wildman–Crippen LogP) is 3.29. The Kier molecular flexibility index (Phi) is 3.28. The fraction of sp³-hybridized carbons (Fsp3) is 0.900. The molecule has 11 heavy (non-hydrogen) atoms. The highest BCUT2D eigenvalue weighted by Crippen LogP contribution is 2.26. The molecule has 0 radical (unpaired) electrons. The van der Waals surface area contributed by atoms with Gasteiger partial charge in [-0.15, -0.1) is 0 Å². The number of aliphatic imine (C=N–C) groups is 1. The van der Waals surface area contributed by atoms with Crippen molar-refractivity contribution in [2.45, 2.75) is 53.0 Å². The fourth-order valence-electron chi connectivity index (χ4n) is 0.760. The van der Waals surface area contributed by atoms with Crippen LogP contribution in [0.15, 0.2) is 4.99 Å². The molecule has 0 rings (SSSR count). The normalized spacial score (nSPS) is 13.2. The van der Waals surface area contributed by atoms with Gasteiger partial charge >= 0.3 is 0 Å². The van der Waals surface area contributed by atoms with Crippen LogP contribution in [0.1, 0.15) is 47.5 Å². The molecule has 0 heterocycles. The average molecular weight is 155 g/mol. The highest BCUT2D eigenvalue weighted by Gasteiger charge is 2.18. The molecule has 0 N–H and O–H groups in total. The Morgan fingerprint density at radius 1 is 1.00 bits per heavy atom. The van der Waals surface area contributed by atoms with Crippen molar-refractivity contribution in [3.63, 3.8) is 0 Å². The summed E-state index contributed by atoms with van der Waals surface area (Å²) in [7, 11) is 0. The minimum atomic E-state index is 0.0628. The van der Waals surface area contributed by atoms with Crippen LogP contribution < -0.4 is 0 Å². The Morgan fingerprint density at radius 3 is 1.73 bits per heavy atom. The van der Waals surface area contributed by atoms with Gasteiger partial charge in [-0.05, 0) is 38.8 Å². The van der Waals surface area contributed by atoms with E-state index in [2.05, 4.69) is 46.3 Å². The van der Waals surface area contributed by atoms with E-state index in [1.807, 2.05) is 0 Å². The van der Waals surface area contributed by atoms with Crippen LogP contribution in [0.4, 0.5) is 0 Å². The maximum atomic E-state index is 4.07. The minimum absolute atomic E-state index is 0.0628. The first-order valence-corrected chi connectivity index (χ1v) is 4.25. The number of hydrogen-bond donors (Lipinski definition) is 0. The Hall–Kier alpha value is -0.330. The number of hydrogen-bond acceptors (Lipinski definition) is 1. The Labute approximate surface area is 70.9 Å². The molecule has 0 aliphatic heterocycles. The van der Waals surface area contributed by atoms with Crippen LogP contribution in [0.3, 0.4) is 0 Å². The van der Waals surface area contributed by atoms with Crippen LogP contribution in [0.2, 0.25) is 0 Å². The maximum absolute atomic E-state index is 4.07. The van der Waals surface area contributed by atoms with Crippen molar-refractivity contribution in [3.05, 3.63) is 0 Å². The van der Waals surface area contributed by atoms with Crippen LogP contribution in [0.5, 0.6) is 0 Å². The summed E-state index contributed by atoms with van der Waals surface area (Å²) in [5, 5.41) is 0. The molecule has 0 aromatic carbocycles. The van der Waals surface area contributed by atoms with Gasteiger partial charge in [0.05, 0.1) is 5.54 Å². The molecule has 0 aromatic rings. The van der Waals surface area contributed by atoms with E-state index in [1.165, 1.54) is 6.42 Å². The van der Waals surface area contributed by atoms with Gasteiger partial charge in [-0.2, -0.15) is 0 Å². The lowest BCUT2D eigenvalue weighted by atomic mass is 9.85. The van der Waals surface area contributed by atoms with E-state index in [4.69, 9.17) is 0 Å². The van der Waals surface area contributed by atoms with Gasteiger partial charge in [0.1, 0.15) is 0 Å². The highest BCUT2D eigenvalue weighted by molar-refractivity contribution is 5.25. The Balaban J connectivity index is 3.79. The van der Waals surface area contributed by atoms with Gasteiger partial charge < -0.3 is 0 Å². The molecule has 0 bridgehead atoms. The maximum Gasteiger partial charge on any atom is 0.0545 e. The smallest absolute Gasteiger partial charge is 0.0545 e. The summed E-state index contributed by atoms with van der Waals surface area (Å²) in [6.45, 7) is 14.6. The monoisotopic (exact) mass is 155 g/mol. The molecule has 0 unspecified atom stereocenters. The zero-order chi connectivity index (χ0) is 9.12. The summed E-state index contributed by atoms with van der Waals surface area (Å²) in [5.74, 6) is 0. The quantitative estimate of drug-likeness (QED) is 0.554. The molecule has 1 heteroatoms. The molecule has 0 saturated heterocycles. The molecule has 0 aliphatic carbocycles. The molecule has 1 nitrogen and oxygen atoms in total. The van der Waals surface area contributed by atoms with Crippen LogP contribution in [-0.4, -0.2) is 12.3 Å². The molecule has 0 amide bonds. The molecular formula is C10H21N. The number of rotatable bonds is 3. The minimum Gasteiger partial charge on any atom is -0.295 e. The molecule has 0 saturated carbocycles. The zero-order valence-corrected chi connectivity index (χ0v) is 8.57. The zero-order valence-electron chi connectivity index (χ0n) is 8.57. The number of nitrogens with zero attached hydrogens (tertiary/aromatic N) is 1. The van der Waals surface area contributed by atoms with Gasteiger partial charge in [0.15, 0.2) is 0 Å². The second-order valence-corrected chi connectivity index (χ2v) is 5.03. The highest BCUT2D eigenvalue weighted by atomic mass is 14.8. The van der Waals surface area contributed by atoms with Crippen molar-refractivity contribution >= 4 is 6.72 Å². The molecule has 0 spiro atoms. The molecule has 0 atom stereocenters. The first kappa shape index (κ1) is 10.7. The summed E-state index contributed by atoms with van der Waals surface area (Å²) < 4.78 is 0. The third-order valence-electron chi connectivity index (χ3n) is 1.91. The summed E-state index contributed by atoms with van der Waals surface area (Å²) in [6.07, 6.45) is 2.33. The van der Waals surface area contributed by atoms with Gasteiger partial charge in [0.2, 0.25) is 0 Å². The van der Waals surface area contributed by atoms with Gasteiger partial charge in [-0.3, -0.25) is 4.99 Å². The van der Waals surface area contributed by atoms with Crippen molar-refractivity contribution < 1.29 is 0 Å². The van der Waals surface area contributed by atoms with Crippen molar-refractivity contribution in [3.8, 4) is 0 Å². The average Bonchev–Trinajstić information content (AvgIpc) is 1.83. The van der Waals surface area contributed by atoms with Crippen LogP contribution in [-0.2, 0) is 0 Å². The molecular weight excluding hydrogens is 134 g/mol. The van der Waals surface area contributed by atoms with Gasteiger partial charge in [-0.1, -0.05) is 20.8 Å². The second kappa shape index (κ2) is 3.38. The topological polar surface area (TPSA) is 12.4 Å². The van der Waals surface area contributed by atoms with Crippen molar-refractivity contribution in [1.82, 2.24) is 0 Å². The Morgan fingerprint density at radius 2 is 1.45 bits per heavy atom. The van der Waals surface area contributed by atoms with Crippen LogP contribution >= 0.6 is 0 Å². The lowest BCUT2D eigenvalue weighted by Gasteiger charge is -2.25. The summed E-state index contributed by atoms with van der Waals surface area (Å²) in [4.78, 5) is 4.07. The van der Waals surface area contributed by atoms with Crippen molar-refractivity contribution in [2.75, 3.05) is 0 Å². The fourth-order valence-corrected chi connectivity index (χ4v) is 0.760. The molecule has 0 aromatic heterocycles. The van der Waals surface area contributed by atoms with Gasteiger partial charge in [0, 0.05) is 0 Å². The van der Waals surface area contributed by atoms with E-state index in [-0.39, 0.29) is 5.54 Å². The third kappa shape index (κ3) is 6.08. The first-order chi connectivity index (χ1) is 4.77. The Bertz CT molecular complexity index is 128. The van der Waals surface area contributed by atoms with Crippen molar-refractivity contribution in [2.24, 2.45) is 10.4 Å². The lowest BCUT2D eigenvalue weighted by Crippen LogP contribution is -2.19. The van der Waals surface area contributed by atoms with E-state index in [0.717, 1.165) is 6.42 Å². The molecule has 0 aliphatic rings. The van der Waals surface area contributed by atoms with Crippen LogP contribution in [0, 0.1) is 5.41 Å². The standard InChI is InChI=1S/C10H21N/c1-9(2,3)7-8-10(4,5)11-6/h6-8H2,1-5H3. The van der Waals surface area contributed by atoms with E-state index in [9.17, 15) is 0 Å². The third-order valence-corrected chi connectivity index (χ3v) is 1.91. The summed E-state index contributed by atoms with van der Waals surface area (Å²) >= 11 is 0. The van der Waals surface area contributed by atoms with E-state index < -0.39 is 0 Å².